The molecule has 0 saturated carbocycles. The van der Waals surface area contributed by atoms with E-state index >= 15 is 0 Å². The van der Waals surface area contributed by atoms with E-state index in [2.05, 4.69) is 26.2 Å². The monoisotopic (exact) mass is 316 g/mol. The molecule has 0 aromatic carbocycles. The van der Waals surface area contributed by atoms with Crippen LogP contribution in [-0.4, -0.2) is 40.7 Å². The molecule has 7 heteroatoms. The van der Waals surface area contributed by atoms with E-state index < -0.39 is 18.0 Å². The van der Waals surface area contributed by atoms with Gasteiger partial charge in [-0.2, -0.15) is 0 Å². The molecule has 1 aliphatic heterocycles. The van der Waals surface area contributed by atoms with E-state index in [-0.39, 0.29) is 6.10 Å². The molecule has 2 heterocycles. The quantitative estimate of drug-likeness (QED) is 0.727. The summed E-state index contributed by atoms with van der Waals surface area (Å²) in [6.45, 7) is 0.531. The Balaban J connectivity index is 1.93. The molecule has 0 aliphatic carbocycles. The van der Waals surface area contributed by atoms with E-state index in [4.69, 9.17) is 9.84 Å². The lowest BCUT2D eigenvalue weighted by Crippen LogP contribution is -2.46. The van der Waals surface area contributed by atoms with Crippen LogP contribution in [0, 0.1) is 0 Å². The summed E-state index contributed by atoms with van der Waals surface area (Å²) in [5.41, 5.74) is 0.354. The van der Waals surface area contributed by atoms with Crippen molar-refractivity contribution in [1.29, 1.82) is 0 Å². The lowest BCUT2D eigenvalue weighted by Gasteiger charge is -2.27. The Morgan fingerprint density at radius 1 is 1.50 bits per heavy atom. The molecule has 2 atom stereocenters. The van der Waals surface area contributed by atoms with Gasteiger partial charge in [-0.05, 0) is 35.0 Å². The van der Waals surface area contributed by atoms with E-state index in [1.54, 1.807) is 12.3 Å². The average Bonchev–Trinajstić information content (AvgIpc) is 2.76. The minimum atomic E-state index is -0.918. The van der Waals surface area contributed by atoms with Crippen LogP contribution in [-0.2, 0) is 9.53 Å². The largest absolute Gasteiger partial charge is 0.480 e. The number of aromatic nitrogens is 1. The van der Waals surface area contributed by atoms with Crippen LogP contribution in [0.3, 0.4) is 0 Å². The Morgan fingerprint density at radius 2 is 2.28 bits per heavy atom. The predicted octanol–water partition coefficient (Wildman–Crippen LogP) is 1.14. The van der Waals surface area contributed by atoms with E-state index in [0.29, 0.717) is 25.1 Å². The van der Waals surface area contributed by atoms with Gasteiger partial charge in [0.2, 0.25) is 0 Å². The highest BCUT2D eigenvalue weighted by atomic mass is 79.9. The number of aromatic amines is 1. The minimum absolute atomic E-state index is 0.295. The molecule has 0 radical (unpaired) electrons. The highest BCUT2D eigenvalue weighted by molar-refractivity contribution is 9.10. The van der Waals surface area contributed by atoms with Crippen LogP contribution in [0.5, 0.6) is 0 Å². The molecule has 0 bridgehead atoms. The first-order valence-corrected chi connectivity index (χ1v) is 6.36. The summed E-state index contributed by atoms with van der Waals surface area (Å²) in [6, 6.07) is 0.977. The van der Waals surface area contributed by atoms with Gasteiger partial charge in [0, 0.05) is 17.1 Å². The summed E-state index contributed by atoms with van der Waals surface area (Å²) < 4.78 is 6.04. The van der Waals surface area contributed by atoms with Crippen molar-refractivity contribution in [3.8, 4) is 0 Å². The zero-order chi connectivity index (χ0) is 13.1. The molecular weight excluding hydrogens is 304 g/mol. The summed E-state index contributed by atoms with van der Waals surface area (Å²) in [5, 5.41) is 11.8. The molecule has 6 nitrogen and oxygen atoms in total. The molecule has 2 rings (SSSR count). The second kappa shape index (κ2) is 5.53. The van der Waals surface area contributed by atoms with Gasteiger partial charge in [0.15, 0.2) is 0 Å². The van der Waals surface area contributed by atoms with Crippen LogP contribution >= 0.6 is 15.9 Å². The summed E-state index contributed by atoms with van der Waals surface area (Å²) in [6.07, 6.45) is 2.20. The van der Waals surface area contributed by atoms with Gasteiger partial charge in [0.25, 0.3) is 0 Å². The number of carbonyl (C=O) groups is 2. The van der Waals surface area contributed by atoms with Gasteiger partial charge in [0.1, 0.15) is 17.8 Å². The maximum absolute atomic E-state index is 11.8. The molecular formula is C11H13BrN2O4. The van der Waals surface area contributed by atoms with Gasteiger partial charge in [-0.3, -0.25) is 4.79 Å². The zero-order valence-corrected chi connectivity index (χ0v) is 11.1. The van der Waals surface area contributed by atoms with Crippen molar-refractivity contribution >= 4 is 27.9 Å². The summed E-state index contributed by atoms with van der Waals surface area (Å²) in [7, 11) is 0. The predicted molar refractivity (Wildman–Crippen MR) is 66.4 cm³/mol. The number of esters is 1. The molecule has 1 fully saturated rings. The van der Waals surface area contributed by atoms with Crippen LogP contribution in [0.4, 0.5) is 0 Å². The van der Waals surface area contributed by atoms with Crippen LogP contribution < -0.4 is 5.32 Å². The first-order valence-electron chi connectivity index (χ1n) is 5.57. The Morgan fingerprint density at radius 3 is 2.89 bits per heavy atom. The highest BCUT2D eigenvalue weighted by Crippen LogP contribution is 2.16. The smallest absolute Gasteiger partial charge is 0.355 e. The fourth-order valence-corrected chi connectivity index (χ4v) is 2.22. The van der Waals surface area contributed by atoms with Gasteiger partial charge < -0.3 is 20.1 Å². The topological polar surface area (TPSA) is 91.4 Å². The number of piperidine rings is 1. The second-order valence-corrected chi connectivity index (χ2v) is 5.04. The number of hydrogen-bond donors (Lipinski definition) is 3. The maximum Gasteiger partial charge on any atom is 0.355 e. The minimum Gasteiger partial charge on any atom is -0.480 e. The first kappa shape index (κ1) is 13.1. The standard InChI is InChI=1S/C11H13BrN2O4/c12-6-3-9(14-5-6)11(17)18-7-1-2-13-8(4-7)10(15)16/h3,5,7-8,13-14H,1-2,4H2,(H,15,16)/t7-,8-/m1/s1. The summed E-state index contributed by atoms with van der Waals surface area (Å²) in [4.78, 5) is 25.4. The van der Waals surface area contributed by atoms with Crippen LogP contribution in [0.2, 0.25) is 0 Å². The van der Waals surface area contributed by atoms with Crippen molar-refractivity contribution in [2.75, 3.05) is 6.54 Å². The number of rotatable bonds is 3. The van der Waals surface area contributed by atoms with E-state index in [1.165, 1.54) is 0 Å². The Kier molecular flexibility index (Phi) is 4.03. The first-order chi connectivity index (χ1) is 8.56. The number of carboxylic acid groups (broad SMARTS) is 1. The molecule has 0 amide bonds. The third-order valence-electron chi connectivity index (χ3n) is 2.80. The number of aliphatic carboxylic acids is 1. The third-order valence-corrected chi connectivity index (χ3v) is 3.25. The lowest BCUT2D eigenvalue weighted by atomic mass is 10.0. The second-order valence-electron chi connectivity index (χ2n) is 4.13. The number of carbonyl (C=O) groups excluding carboxylic acids is 1. The molecule has 1 aromatic rings. The van der Waals surface area contributed by atoms with Crippen molar-refractivity contribution in [1.82, 2.24) is 10.3 Å². The van der Waals surface area contributed by atoms with Gasteiger partial charge in [-0.15, -0.1) is 0 Å². The SMILES string of the molecule is O=C(O[C@@H]1CCN[C@@H](C(=O)O)C1)c1cc(Br)c[nH]1. The van der Waals surface area contributed by atoms with Crippen molar-refractivity contribution in [2.24, 2.45) is 0 Å². The van der Waals surface area contributed by atoms with Crippen molar-refractivity contribution in [3.63, 3.8) is 0 Å². The molecule has 0 unspecified atom stereocenters. The maximum atomic E-state index is 11.8. The fraction of sp³-hybridized carbons (Fsp3) is 0.455. The Hall–Kier alpha value is -1.34. The fourth-order valence-electron chi connectivity index (χ4n) is 1.88. The van der Waals surface area contributed by atoms with Gasteiger partial charge >= 0.3 is 11.9 Å². The number of carboxylic acids is 1. The average molecular weight is 317 g/mol. The van der Waals surface area contributed by atoms with Gasteiger partial charge in [-0.1, -0.05) is 0 Å². The van der Waals surface area contributed by atoms with Crippen molar-refractivity contribution in [2.45, 2.75) is 25.0 Å². The normalized spacial score (nSPS) is 23.6. The number of nitrogens with one attached hydrogen (secondary N) is 2. The number of halogens is 1. The zero-order valence-electron chi connectivity index (χ0n) is 9.48. The molecule has 3 N–H and O–H groups in total. The Bertz CT molecular complexity index is 460. The summed E-state index contributed by atoms with van der Waals surface area (Å²) in [5.74, 6) is -1.38. The summed E-state index contributed by atoms with van der Waals surface area (Å²) >= 11 is 3.23. The van der Waals surface area contributed by atoms with Crippen LogP contribution in [0.25, 0.3) is 0 Å². The highest BCUT2D eigenvalue weighted by Gasteiger charge is 2.29. The van der Waals surface area contributed by atoms with E-state index in [1.807, 2.05) is 0 Å². The van der Waals surface area contributed by atoms with E-state index in [0.717, 1.165) is 4.47 Å². The molecule has 1 saturated heterocycles. The van der Waals surface area contributed by atoms with Gasteiger partial charge in [0.05, 0.1) is 0 Å². The lowest BCUT2D eigenvalue weighted by molar-refractivity contribution is -0.141. The number of hydrogen-bond acceptors (Lipinski definition) is 4. The molecule has 1 aromatic heterocycles. The number of ether oxygens (including phenoxy) is 1. The number of H-pyrrole nitrogens is 1. The molecule has 0 spiro atoms. The molecule has 18 heavy (non-hydrogen) atoms. The van der Waals surface area contributed by atoms with Crippen molar-refractivity contribution in [3.05, 3.63) is 22.4 Å². The molecule has 98 valence electrons. The van der Waals surface area contributed by atoms with E-state index in [9.17, 15) is 9.59 Å². The van der Waals surface area contributed by atoms with Gasteiger partial charge in [-0.25, -0.2) is 4.79 Å². The third kappa shape index (κ3) is 3.11. The molecule has 1 aliphatic rings. The van der Waals surface area contributed by atoms with Crippen LogP contribution in [0.1, 0.15) is 23.3 Å². The Labute approximate surface area is 112 Å². The van der Waals surface area contributed by atoms with Crippen LogP contribution in [0.15, 0.2) is 16.7 Å². The van der Waals surface area contributed by atoms with Crippen molar-refractivity contribution < 1.29 is 19.4 Å².